The Morgan fingerprint density at radius 1 is 1.37 bits per heavy atom. The summed E-state index contributed by atoms with van der Waals surface area (Å²) in [7, 11) is 1.55. The molecule has 1 atom stereocenters. The summed E-state index contributed by atoms with van der Waals surface area (Å²) in [5, 5.41) is 0.764. The number of benzene rings is 1. The normalized spacial score (nSPS) is 12.4. The fraction of sp³-hybridized carbons (Fsp3) is 0.286. The highest BCUT2D eigenvalue weighted by Crippen LogP contribution is 2.32. The van der Waals surface area contributed by atoms with E-state index in [4.69, 9.17) is 10.5 Å². The van der Waals surface area contributed by atoms with Crippen LogP contribution in [0.3, 0.4) is 0 Å². The van der Waals surface area contributed by atoms with E-state index in [9.17, 15) is 9.59 Å². The number of ketones is 1. The van der Waals surface area contributed by atoms with Gasteiger partial charge in [-0.2, -0.15) is 0 Å². The Hall–Kier alpha value is -2.30. The van der Waals surface area contributed by atoms with E-state index >= 15 is 0 Å². The zero-order valence-corrected chi connectivity index (χ0v) is 11.1. The summed E-state index contributed by atoms with van der Waals surface area (Å²) >= 11 is 0. The Kier molecular flexibility index (Phi) is 3.29. The van der Waals surface area contributed by atoms with Crippen LogP contribution in [0.25, 0.3) is 10.9 Å². The second-order valence-electron chi connectivity index (χ2n) is 4.44. The quantitative estimate of drug-likeness (QED) is 0.853. The molecule has 1 heterocycles. The number of rotatable bonds is 4. The van der Waals surface area contributed by atoms with Gasteiger partial charge in [0.2, 0.25) is 5.91 Å². The van der Waals surface area contributed by atoms with Crippen LogP contribution < -0.4 is 10.5 Å². The summed E-state index contributed by atoms with van der Waals surface area (Å²) in [5.74, 6) is 0.0877. The Bertz CT molecular complexity index is 658. The number of nitrogens with two attached hydrogens (primary N) is 1. The second-order valence-corrected chi connectivity index (χ2v) is 4.44. The summed E-state index contributed by atoms with van der Waals surface area (Å²) in [4.78, 5) is 23.1. The minimum Gasteiger partial charge on any atom is -0.495 e. The van der Waals surface area contributed by atoms with Crippen molar-refractivity contribution in [3.63, 3.8) is 0 Å². The maximum absolute atomic E-state index is 11.7. The maximum atomic E-state index is 11.7. The highest BCUT2D eigenvalue weighted by Gasteiger charge is 2.20. The molecule has 5 heteroatoms. The minimum absolute atomic E-state index is 0.0614. The zero-order valence-electron chi connectivity index (χ0n) is 11.1. The summed E-state index contributed by atoms with van der Waals surface area (Å²) < 4.78 is 6.99. The first kappa shape index (κ1) is 13.1. The van der Waals surface area contributed by atoms with E-state index in [1.54, 1.807) is 30.9 Å². The molecule has 0 spiro atoms. The molecular weight excluding hydrogens is 244 g/mol. The van der Waals surface area contributed by atoms with E-state index in [2.05, 4.69) is 0 Å². The molecular formula is C14H16N2O3. The Morgan fingerprint density at radius 2 is 2.05 bits per heavy atom. The molecule has 0 fully saturated rings. The lowest BCUT2D eigenvalue weighted by molar-refractivity contribution is -0.120. The van der Waals surface area contributed by atoms with Crippen LogP contribution in [0.2, 0.25) is 0 Å². The molecule has 0 saturated carbocycles. The lowest BCUT2D eigenvalue weighted by atomic mass is 10.1. The maximum Gasteiger partial charge on any atom is 0.240 e. The number of primary amides is 1. The van der Waals surface area contributed by atoms with Gasteiger partial charge in [-0.05, 0) is 19.9 Å². The molecule has 2 N–H and O–H groups in total. The van der Waals surface area contributed by atoms with Gasteiger partial charge in [0.25, 0.3) is 0 Å². The van der Waals surface area contributed by atoms with E-state index in [0.717, 1.165) is 5.39 Å². The van der Waals surface area contributed by atoms with E-state index in [1.807, 2.05) is 12.1 Å². The van der Waals surface area contributed by atoms with Gasteiger partial charge in [0.15, 0.2) is 5.78 Å². The van der Waals surface area contributed by atoms with Crippen molar-refractivity contribution in [2.45, 2.75) is 19.9 Å². The first-order valence-electron chi connectivity index (χ1n) is 5.95. The largest absolute Gasteiger partial charge is 0.495 e. The van der Waals surface area contributed by atoms with Gasteiger partial charge in [-0.25, -0.2) is 0 Å². The number of carbonyl (C=O) groups excluding carboxylic acids is 2. The first-order valence-corrected chi connectivity index (χ1v) is 5.95. The van der Waals surface area contributed by atoms with Crippen molar-refractivity contribution >= 4 is 22.6 Å². The number of hydrogen-bond acceptors (Lipinski definition) is 3. The van der Waals surface area contributed by atoms with Crippen LogP contribution in [-0.2, 0) is 4.79 Å². The highest BCUT2D eigenvalue weighted by molar-refractivity contribution is 6.08. The number of para-hydroxylation sites is 1. The van der Waals surface area contributed by atoms with Crippen molar-refractivity contribution in [1.82, 2.24) is 4.57 Å². The number of nitrogens with zero attached hydrogens (tertiary/aromatic N) is 1. The molecule has 0 saturated heterocycles. The molecule has 19 heavy (non-hydrogen) atoms. The van der Waals surface area contributed by atoms with Gasteiger partial charge < -0.3 is 15.0 Å². The van der Waals surface area contributed by atoms with Crippen molar-refractivity contribution in [3.05, 3.63) is 30.0 Å². The van der Waals surface area contributed by atoms with Crippen molar-refractivity contribution < 1.29 is 14.3 Å². The number of methoxy groups -OCH3 is 1. The number of Topliss-reactive ketones (excluding diaryl/α,β-unsaturated/α-hetero) is 1. The molecule has 1 unspecified atom stereocenters. The third-order valence-electron chi connectivity index (χ3n) is 3.24. The summed E-state index contributed by atoms with van der Waals surface area (Å²) in [6, 6.07) is 4.88. The standard InChI is InChI=1S/C14H16N2O3/c1-8(14(15)18)16-7-11(9(2)17)10-5-4-6-12(19-3)13(10)16/h4-8H,1-3H3,(H2,15,18). The van der Waals surface area contributed by atoms with Crippen LogP contribution in [0, 0.1) is 0 Å². The van der Waals surface area contributed by atoms with Crippen LogP contribution in [-0.4, -0.2) is 23.4 Å². The molecule has 0 radical (unpaired) electrons. The number of hydrogen-bond donors (Lipinski definition) is 1. The van der Waals surface area contributed by atoms with Crippen molar-refractivity contribution in [3.8, 4) is 5.75 Å². The molecule has 0 aliphatic carbocycles. The van der Waals surface area contributed by atoms with Crippen LogP contribution in [0.15, 0.2) is 24.4 Å². The predicted octanol–water partition coefficient (Wildman–Crippen LogP) is 1.90. The van der Waals surface area contributed by atoms with E-state index in [1.165, 1.54) is 6.92 Å². The smallest absolute Gasteiger partial charge is 0.240 e. The van der Waals surface area contributed by atoms with E-state index < -0.39 is 11.9 Å². The summed E-state index contributed by atoms with van der Waals surface area (Å²) in [6.07, 6.45) is 1.66. The molecule has 0 aliphatic heterocycles. The third-order valence-corrected chi connectivity index (χ3v) is 3.24. The molecule has 2 aromatic rings. The molecule has 1 aromatic heterocycles. The molecule has 1 amide bonds. The van der Waals surface area contributed by atoms with Gasteiger partial charge in [0.05, 0.1) is 12.6 Å². The Morgan fingerprint density at radius 3 is 2.58 bits per heavy atom. The van der Waals surface area contributed by atoms with Crippen molar-refractivity contribution in [1.29, 1.82) is 0 Å². The average molecular weight is 260 g/mol. The lowest BCUT2D eigenvalue weighted by Crippen LogP contribution is -2.23. The Labute approximate surface area is 110 Å². The summed E-state index contributed by atoms with van der Waals surface area (Å²) in [5.41, 5.74) is 6.62. The topological polar surface area (TPSA) is 74.3 Å². The molecule has 1 aromatic carbocycles. The molecule has 0 aliphatic rings. The number of fused-ring (bicyclic) bond motifs is 1. The Balaban J connectivity index is 2.83. The zero-order chi connectivity index (χ0) is 14.2. The fourth-order valence-electron chi connectivity index (χ4n) is 2.17. The third kappa shape index (κ3) is 2.07. The van der Waals surface area contributed by atoms with Crippen LogP contribution in [0.4, 0.5) is 0 Å². The lowest BCUT2D eigenvalue weighted by Gasteiger charge is -2.13. The predicted molar refractivity (Wildman–Crippen MR) is 72.4 cm³/mol. The second kappa shape index (κ2) is 4.76. The van der Waals surface area contributed by atoms with Crippen LogP contribution in [0.1, 0.15) is 30.2 Å². The van der Waals surface area contributed by atoms with Gasteiger partial charge in [-0.15, -0.1) is 0 Å². The molecule has 0 bridgehead atoms. The fourth-order valence-corrected chi connectivity index (χ4v) is 2.17. The van der Waals surface area contributed by atoms with Gasteiger partial charge in [0.1, 0.15) is 11.8 Å². The minimum atomic E-state index is -0.549. The first-order chi connectivity index (χ1) is 8.97. The highest BCUT2D eigenvalue weighted by atomic mass is 16.5. The number of ether oxygens (including phenoxy) is 1. The molecule has 5 nitrogen and oxygen atoms in total. The number of aromatic nitrogens is 1. The van der Waals surface area contributed by atoms with Gasteiger partial charge in [-0.1, -0.05) is 12.1 Å². The van der Waals surface area contributed by atoms with E-state index in [-0.39, 0.29) is 5.78 Å². The van der Waals surface area contributed by atoms with E-state index in [0.29, 0.717) is 16.8 Å². The molecule has 100 valence electrons. The van der Waals surface area contributed by atoms with Crippen LogP contribution >= 0.6 is 0 Å². The average Bonchev–Trinajstić information content (AvgIpc) is 2.77. The molecule has 2 rings (SSSR count). The van der Waals surface area contributed by atoms with Crippen molar-refractivity contribution in [2.75, 3.05) is 7.11 Å². The SMILES string of the molecule is COc1cccc2c(C(C)=O)cn(C(C)C(N)=O)c12. The van der Waals surface area contributed by atoms with Gasteiger partial charge in [0, 0.05) is 17.1 Å². The monoisotopic (exact) mass is 260 g/mol. The number of carbonyl (C=O) groups is 2. The number of amides is 1. The van der Waals surface area contributed by atoms with Gasteiger partial charge >= 0.3 is 0 Å². The van der Waals surface area contributed by atoms with Crippen molar-refractivity contribution in [2.24, 2.45) is 5.73 Å². The van der Waals surface area contributed by atoms with Gasteiger partial charge in [-0.3, -0.25) is 9.59 Å². The van der Waals surface area contributed by atoms with Crippen LogP contribution in [0.5, 0.6) is 5.75 Å². The summed E-state index contributed by atoms with van der Waals surface area (Å²) in [6.45, 7) is 3.19.